The van der Waals surface area contributed by atoms with Gasteiger partial charge in [0.25, 0.3) is 0 Å². The molecule has 1 atom stereocenters. The van der Waals surface area contributed by atoms with Crippen molar-refractivity contribution in [2.75, 3.05) is 6.54 Å². The molecule has 0 bridgehead atoms. The van der Waals surface area contributed by atoms with Crippen LogP contribution in [0.25, 0.3) is 0 Å². The molecular weight excluding hydrogens is 324 g/mol. The van der Waals surface area contributed by atoms with Crippen LogP contribution >= 0.6 is 15.9 Å². The Morgan fingerprint density at radius 3 is 2.60 bits per heavy atom. The lowest BCUT2D eigenvalue weighted by molar-refractivity contribution is 0.549. The number of benzene rings is 2. The van der Waals surface area contributed by atoms with Gasteiger partial charge in [0.05, 0.1) is 10.5 Å². The summed E-state index contributed by atoms with van der Waals surface area (Å²) in [6, 6.07) is 9.38. The number of nitrogens with one attached hydrogen (secondary N) is 1. The van der Waals surface area contributed by atoms with Crippen molar-refractivity contribution in [2.24, 2.45) is 0 Å². The fraction of sp³-hybridized carbons (Fsp3) is 0.250. The zero-order valence-corrected chi connectivity index (χ0v) is 13.0. The van der Waals surface area contributed by atoms with Crippen LogP contribution in [0.1, 0.15) is 29.7 Å². The molecule has 0 fully saturated rings. The van der Waals surface area contributed by atoms with Crippen LogP contribution in [0.2, 0.25) is 0 Å². The van der Waals surface area contributed by atoms with Crippen LogP contribution in [0.5, 0.6) is 0 Å². The Balaban J connectivity index is 2.56. The monoisotopic (exact) mass is 339 g/mol. The van der Waals surface area contributed by atoms with Gasteiger partial charge in [0.2, 0.25) is 0 Å². The average Bonchev–Trinajstić information content (AvgIpc) is 2.43. The van der Waals surface area contributed by atoms with Crippen LogP contribution in [0.4, 0.5) is 8.78 Å². The molecule has 0 aliphatic rings. The maximum Gasteiger partial charge on any atom is 0.142 e. The van der Waals surface area contributed by atoms with Crippen molar-refractivity contribution in [2.45, 2.75) is 19.9 Å². The smallest absolute Gasteiger partial charge is 0.142 e. The molecule has 1 N–H and O–H groups in total. The predicted molar refractivity (Wildman–Crippen MR) is 80.8 cm³/mol. The first-order chi connectivity index (χ1) is 9.54. The normalized spacial score (nSPS) is 12.4. The van der Waals surface area contributed by atoms with Gasteiger partial charge in [-0.3, -0.25) is 0 Å². The fourth-order valence-electron chi connectivity index (χ4n) is 2.26. The van der Waals surface area contributed by atoms with Gasteiger partial charge in [0.15, 0.2) is 0 Å². The fourth-order valence-corrected chi connectivity index (χ4v) is 2.64. The molecule has 4 heteroatoms. The molecule has 0 heterocycles. The van der Waals surface area contributed by atoms with Crippen molar-refractivity contribution in [1.82, 2.24) is 5.32 Å². The largest absolute Gasteiger partial charge is 0.306 e. The third kappa shape index (κ3) is 3.07. The second-order valence-corrected chi connectivity index (χ2v) is 5.49. The maximum atomic E-state index is 14.3. The van der Waals surface area contributed by atoms with E-state index in [9.17, 15) is 8.78 Å². The SMILES string of the molecule is CCNC(c1cc(F)ccc1C)c1cccc(Br)c1F. The van der Waals surface area contributed by atoms with Crippen molar-refractivity contribution in [1.29, 1.82) is 0 Å². The minimum atomic E-state index is -0.367. The zero-order valence-electron chi connectivity index (χ0n) is 11.4. The zero-order chi connectivity index (χ0) is 14.7. The number of aryl methyl sites for hydroxylation is 1. The lowest BCUT2D eigenvalue weighted by atomic mass is 9.94. The first-order valence-corrected chi connectivity index (χ1v) is 7.27. The Hall–Kier alpha value is -1.26. The molecule has 0 spiro atoms. The Morgan fingerprint density at radius 2 is 1.90 bits per heavy atom. The van der Waals surface area contributed by atoms with Gasteiger partial charge in [-0.05, 0) is 58.7 Å². The third-order valence-electron chi connectivity index (χ3n) is 3.25. The van der Waals surface area contributed by atoms with Crippen LogP contribution in [-0.4, -0.2) is 6.54 Å². The highest BCUT2D eigenvalue weighted by Gasteiger charge is 2.20. The summed E-state index contributed by atoms with van der Waals surface area (Å²) in [4.78, 5) is 0. The Kier molecular flexibility index (Phi) is 4.89. The molecule has 0 saturated carbocycles. The Bertz CT molecular complexity index is 611. The molecule has 1 nitrogen and oxygen atoms in total. The predicted octanol–water partition coefficient (Wildman–Crippen LogP) is 4.73. The molecule has 1 unspecified atom stereocenters. The van der Waals surface area contributed by atoms with Crippen LogP contribution in [0, 0.1) is 18.6 Å². The summed E-state index contributed by atoms with van der Waals surface area (Å²) in [6.45, 7) is 4.50. The second kappa shape index (κ2) is 6.46. The van der Waals surface area contributed by atoms with E-state index in [2.05, 4.69) is 21.2 Å². The van der Waals surface area contributed by atoms with E-state index in [0.717, 1.165) is 11.1 Å². The quantitative estimate of drug-likeness (QED) is 0.848. The molecule has 20 heavy (non-hydrogen) atoms. The van der Waals surface area contributed by atoms with Crippen LogP contribution < -0.4 is 5.32 Å². The summed E-state index contributed by atoms with van der Waals surface area (Å²) in [5, 5.41) is 3.22. The van der Waals surface area contributed by atoms with Crippen molar-refractivity contribution in [3.8, 4) is 0 Å². The van der Waals surface area contributed by atoms with Crippen LogP contribution in [0.3, 0.4) is 0 Å². The van der Waals surface area contributed by atoms with E-state index in [-0.39, 0.29) is 17.7 Å². The van der Waals surface area contributed by atoms with Crippen molar-refractivity contribution in [3.63, 3.8) is 0 Å². The number of halogens is 3. The van der Waals surface area contributed by atoms with E-state index in [1.807, 2.05) is 13.8 Å². The van der Waals surface area contributed by atoms with Gasteiger partial charge in [0.1, 0.15) is 11.6 Å². The van der Waals surface area contributed by atoms with Gasteiger partial charge in [-0.25, -0.2) is 8.78 Å². The van der Waals surface area contributed by atoms with Gasteiger partial charge < -0.3 is 5.32 Å². The van der Waals surface area contributed by atoms with E-state index in [0.29, 0.717) is 16.6 Å². The van der Waals surface area contributed by atoms with E-state index in [1.54, 1.807) is 24.3 Å². The minimum absolute atomic E-state index is 0.316. The van der Waals surface area contributed by atoms with Crippen molar-refractivity contribution in [3.05, 3.63) is 69.2 Å². The summed E-state index contributed by atoms with van der Waals surface area (Å²) in [6.07, 6.45) is 0. The summed E-state index contributed by atoms with van der Waals surface area (Å²) in [5.74, 6) is -0.633. The molecule has 2 rings (SSSR count). The first kappa shape index (κ1) is 15.1. The Labute approximate surface area is 126 Å². The second-order valence-electron chi connectivity index (χ2n) is 4.63. The molecule has 0 saturated heterocycles. The topological polar surface area (TPSA) is 12.0 Å². The molecule has 0 aliphatic heterocycles. The maximum absolute atomic E-state index is 14.3. The van der Waals surface area contributed by atoms with Gasteiger partial charge in [-0.15, -0.1) is 0 Å². The van der Waals surface area contributed by atoms with E-state index in [4.69, 9.17) is 0 Å². The number of hydrogen-bond donors (Lipinski definition) is 1. The van der Waals surface area contributed by atoms with Gasteiger partial charge in [0, 0.05) is 5.56 Å². The molecular formula is C16H16BrF2N. The summed E-state index contributed by atoms with van der Waals surface area (Å²) in [7, 11) is 0. The number of rotatable bonds is 4. The lowest BCUT2D eigenvalue weighted by Crippen LogP contribution is -2.24. The third-order valence-corrected chi connectivity index (χ3v) is 3.87. The van der Waals surface area contributed by atoms with Crippen molar-refractivity contribution >= 4 is 15.9 Å². The highest BCUT2D eigenvalue weighted by atomic mass is 79.9. The number of hydrogen-bond acceptors (Lipinski definition) is 1. The first-order valence-electron chi connectivity index (χ1n) is 6.48. The molecule has 106 valence electrons. The van der Waals surface area contributed by atoms with Gasteiger partial charge in [-0.1, -0.05) is 25.1 Å². The van der Waals surface area contributed by atoms with Gasteiger partial charge >= 0.3 is 0 Å². The standard InChI is InChI=1S/C16H16BrF2N/c1-3-20-16(12-5-4-6-14(17)15(12)19)13-9-11(18)8-7-10(13)2/h4-9,16,20H,3H2,1-2H3. The van der Waals surface area contributed by atoms with E-state index < -0.39 is 0 Å². The Morgan fingerprint density at radius 1 is 1.15 bits per heavy atom. The van der Waals surface area contributed by atoms with E-state index in [1.165, 1.54) is 12.1 Å². The molecule has 0 aliphatic carbocycles. The molecule has 0 aromatic heterocycles. The molecule has 2 aromatic rings. The average molecular weight is 340 g/mol. The summed E-state index contributed by atoms with van der Waals surface area (Å²) in [5.41, 5.74) is 2.19. The van der Waals surface area contributed by atoms with Crippen LogP contribution in [0.15, 0.2) is 40.9 Å². The minimum Gasteiger partial charge on any atom is -0.306 e. The van der Waals surface area contributed by atoms with Crippen LogP contribution in [-0.2, 0) is 0 Å². The molecule has 2 aromatic carbocycles. The van der Waals surface area contributed by atoms with E-state index >= 15 is 0 Å². The summed E-state index contributed by atoms with van der Waals surface area (Å²) < 4.78 is 28.2. The lowest BCUT2D eigenvalue weighted by Gasteiger charge is -2.22. The highest BCUT2D eigenvalue weighted by Crippen LogP contribution is 2.30. The molecule has 0 amide bonds. The highest BCUT2D eigenvalue weighted by molar-refractivity contribution is 9.10. The van der Waals surface area contributed by atoms with Crippen molar-refractivity contribution < 1.29 is 8.78 Å². The van der Waals surface area contributed by atoms with Gasteiger partial charge in [-0.2, -0.15) is 0 Å². The molecule has 0 radical (unpaired) electrons. The summed E-state index contributed by atoms with van der Waals surface area (Å²) >= 11 is 3.19.